The number of pyridine rings is 1. The molecule has 0 N–H and O–H groups in total. The van der Waals surface area contributed by atoms with Gasteiger partial charge in [0.15, 0.2) is 0 Å². The van der Waals surface area contributed by atoms with Gasteiger partial charge in [0.1, 0.15) is 0 Å². The van der Waals surface area contributed by atoms with Crippen LogP contribution in [0.15, 0.2) is 30.5 Å². The number of hydrogen-bond donors (Lipinski definition) is 0. The Kier molecular flexibility index (Phi) is 4.30. The fourth-order valence-electron chi connectivity index (χ4n) is 1.58. The van der Waals surface area contributed by atoms with E-state index in [1.807, 2.05) is 0 Å². The Balaban J connectivity index is 2.61. The molecule has 0 bridgehead atoms. The number of nitrogens with zero attached hydrogens (tertiary/aromatic N) is 1. The summed E-state index contributed by atoms with van der Waals surface area (Å²) in [6.45, 7) is 0. The maximum atomic E-state index is 11.6. The van der Waals surface area contributed by atoms with E-state index in [2.05, 4.69) is 9.72 Å². The van der Waals surface area contributed by atoms with Crippen LogP contribution in [0.25, 0.3) is 11.3 Å². The molecule has 0 saturated heterocycles. The summed E-state index contributed by atoms with van der Waals surface area (Å²) in [5, 5.41) is 1.09. The summed E-state index contributed by atoms with van der Waals surface area (Å²) in [6.07, 6.45) is 1.36. The van der Waals surface area contributed by atoms with Gasteiger partial charge in [-0.15, -0.1) is 0 Å². The van der Waals surface area contributed by atoms with Crippen molar-refractivity contribution in [3.05, 3.63) is 51.1 Å². The number of benzene rings is 1. The normalized spacial score (nSPS) is 10.3. The number of carbonyl (C=O) groups excluding carboxylic acids is 1. The van der Waals surface area contributed by atoms with Gasteiger partial charge in [-0.05, 0) is 18.2 Å². The smallest absolute Gasteiger partial charge is 0.339 e. The summed E-state index contributed by atoms with van der Waals surface area (Å²) in [4.78, 5) is 15.7. The van der Waals surface area contributed by atoms with Gasteiger partial charge in [-0.25, -0.2) is 4.79 Å². The predicted molar refractivity (Wildman–Crippen MR) is 76.0 cm³/mol. The maximum Gasteiger partial charge on any atom is 0.339 e. The standard InChI is InChI=1S/C13H8Cl3NO2/c1-19-13(18)7-5-11(17-6-10(7)16)12-8(14)3-2-4-9(12)15/h2-6H,1H3. The van der Waals surface area contributed by atoms with Crippen LogP contribution in [0, 0.1) is 0 Å². The molecular formula is C13H8Cl3NO2. The second-order valence-corrected chi connectivity index (χ2v) is 4.86. The minimum atomic E-state index is -0.545. The quantitative estimate of drug-likeness (QED) is 0.766. The summed E-state index contributed by atoms with van der Waals surface area (Å²) >= 11 is 18.1. The summed E-state index contributed by atoms with van der Waals surface area (Å²) in [5.74, 6) is -0.545. The van der Waals surface area contributed by atoms with Gasteiger partial charge < -0.3 is 4.74 Å². The van der Waals surface area contributed by atoms with Crippen molar-refractivity contribution in [3.63, 3.8) is 0 Å². The van der Waals surface area contributed by atoms with E-state index < -0.39 is 5.97 Å². The fraction of sp³-hybridized carbons (Fsp3) is 0.0769. The Morgan fingerprint density at radius 2 is 1.79 bits per heavy atom. The monoisotopic (exact) mass is 315 g/mol. The van der Waals surface area contributed by atoms with Crippen molar-refractivity contribution in [1.82, 2.24) is 4.98 Å². The molecule has 1 heterocycles. The van der Waals surface area contributed by atoms with Crippen molar-refractivity contribution in [2.75, 3.05) is 7.11 Å². The first-order valence-electron chi connectivity index (χ1n) is 5.23. The van der Waals surface area contributed by atoms with E-state index >= 15 is 0 Å². The molecule has 0 saturated carbocycles. The average molecular weight is 317 g/mol. The first-order chi connectivity index (χ1) is 9.04. The Labute approximate surface area is 125 Å². The summed E-state index contributed by atoms with van der Waals surface area (Å²) in [6, 6.07) is 6.61. The highest BCUT2D eigenvalue weighted by molar-refractivity contribution is 6.39. The Hall–Kier alpha value is -1.29. The molecule has 3 nitrogen and oxygen atoms in total. The van der Waals surface area contributed by atoms with E-state index in [0.717, 1.165) is 0 Å². The lowest BCUT2D eigenvalue weighted by Gasteiger charge is -2.08. The van der Waals surface area contributed by atoms with Crippen LogP contribution in [0.2, 0.25) is 15.1 Å². The highest BCUT2D eigenvalue weighted by atomic mass is 35.5. The summed E-state index contributed by atoms with van der Waals surface area (Å²) < 4.78 is 4.65. The summed E-state index contributed by atoms with van der Waals surface area (Å²) in [7, 11) is 1.28. The van der Waals surface area contributed by atoms with Crippen LogP contribution in [-0.4, -0.2) is 18.1 Å². The van der Waals surface area contributed by atoms with Crippen LogP contribution in [0.5, 0.6) is 0 Å². The highest BCUT2D eigenvalue weighted by Crippen LogP contribution is 2.34. The zero-order valence-corrected chi connectivity index (χ0v) is 12.1. The number of carbonyl (C=O) groups is 1. The lowest BCUT2D eigenvalue weighted by molar-refractivity contribution is 0.0601. The van der Waals surface area contributed by atoms with Crippen LogP contribution >= 0.6 is 34.8 Å². The molecule has 6 heteroatoms. The van der Waals surface area contributed by atoms with Gasteiger partial charge in [0.2, 0.25) is 0 Å². The minimum absolute atomic E-state index is 0.207. The molecule has 19 heavy (non-hydrogen) atoms. The molecule has 0 aliphatic carbocycles. The predicted octanol–water partition coefficient (Wildman–Crippen LogP) is 4.50. The molecular weight excluding hydrogens is 309 g/mol. The topological polar surface area (TPSA) is 39.2 Å². The van der Waals surface area contributed by atoms with Crippen LogP contribution in [0.1, 0.15) is 10.4 Å². The van der Waals surface area contributed by atoms with Crippen LogP contribution in [0.4, 0.5) is 0 Å². The SMILES string of the molecule is COC(=O)c1cc(-c2c(Cl)cccc2Cl)ncc1Cl. The van der Waals surface area contributed by atoms with Gasteiger partial charge in [-0.2, -0.15) is 0 Å². The van der Waals surface area contributed by atoms with Gasteiger partial charge in [0.25, 0.3) is 0 Å². The van der Waals surface area contributed by atoms with Crippen LogP contribution in [-0.2, 0) is 4.74 Å². The van der Waals surface area contributed by atoms with E-state index in [-0.39, 0.29) is 10.6 Å². The second-order valence-electron chi connectivity index (χ2n) is 3.64. The van der Waals surface area contributed by atoms with Crippen LogP contribution < -0.4 is 0 Å². The maximum absolute atomic E-state index is 11.6. The number of hydrogen-bond acceptors (Lipinski definition) is 3. The van der Waals surface area contributed by atoms with Crippen molar-refractivity contribution >= 4 is 40.8 Å². The molecule has 0 aliphatic rings. The lowest BCUT2D eigenvalue weighted by atomic mass is 10.1. The molecule has 0 fully saturated rings. The molecule has 1 aromatic carbocycles. The molecule has 0 amide bonds. The van der Waals surface area contributed by atoms with Crippen molar-refractivity contribution in [2.45, 2.75) is 0 Å². The Morgan fingerprint density at radius 3 is 2.37 bits per heavy atom. The Bertz CT molecular complexity index is 624. The third-order valence-electron chi connectivity index (χ3n) is 2.48. The van der Waals surface area contributed by atoms with Gasteiger partial charge in [0.05, 0.1) is 33.4 Å². The van der Waals surface area contributed by atoms with Crippen molar-refractivity contribution in [2.24, 2.45) is 0 Å². The number of rotatable bonds is 2. The number of halogens is 3. The molecule has 0 atom stereocenters. The highest BCUT2D eigenvalue weighted by Gasteiger charge is 2.16. The van der Waals surface area contributed by atoms with Crippen LogP contribution in [0.3, 0.4) is 0 Å². The zero-order valence-electron chi connectivity index (χ0n) is 9.78. The molecule has 0 radical (unpaired) electrons. The van der Waals surface area contributed by atoms with Crippen molar-refractivity contribution < 1.29 is 9.53 Å². The fourth-order valence-corrected chi connectivity index (χ4v) is 2.36. The van der Waals surface area contributed by atoms with E-state index in [1.54, 1.807) is 18.2 Å². The molecule has 2 aromatic rings. The van der Waals surface area contributed by atoms with Crippen molar-refractivity contribution in [1.29, 1.82) is 0 Å². The van der Waals surface area contributed by atoms with Gasteiger partial charge in [0, 0.05) is 11.8 Å². The van der Waals surface area contributed by atoms with Crippen molar-refractivity contribution in [3.8, 4) is 11.3 Å². The zero-order chi connectivity index (χ0) is 14.0. The molecule has 0 unspecified atom stereocenters. The average Bonchev–Trinajstić information content (AvgIpc) is 2.39. The number of esters is 1. The molecule has 1 aromatic heterocycles. The van der Waals surface area contributed by atoms with Gasteiger partial charge >= 0.3 is 5.97 Å². The minimum Gasteiger partial charge on any atom is -0.465 e. The van der Waals surface area contributed by atoms with Gasteiger partial charge in [-0.3, -0.25) is 4.98 Å². The van der Waals surface area contributed by atoms with Gasteiger partial charge in [-0.1, -0.05) is 40.9 Å². The first-order valence-corrected chi connectivity index (χ1v) is 6.36. The molecule has 0 aliphatic heterocycles. The van der Waals surface area contributed by atoms with E-state index in [0.29, 0.717) is 21.3 Å². The molecule has 0 spiro atoms. The van der Waals surface area contributed by atoms with E-state index in [4.69, 9.17) is 34.8 Å². The lowest BCUT2D eigenvalue weighted by Crippen LogP contribution is -2.03. The Morgan fingerprint density at radius 1 is 1.16 bits per heavy atom. The molecule has 98 valence electrons. The number of ether oxygens (including phenoxy) is 1. The number of methoxy groups -OCH3 is 1. The summed E-state index contributed by atoms with van der Waals surface area (Å²) in [5.41, 5.74) is 1.22. The second kappa shape index (κ2) is 5.78. The third-order valence-corrected chi connectivity index (χ3v) is 3.41. The van der Waals surface area contributed by atoms with E-state index in [1.165, 1.54) is 19.4 Å². The third kappa shape index (κ3) is 2.84. The largest absolute Gasteiger partial charge is 0.465 e. The number of aromatic nitrogens is 1. The molecule has 2 rings (SSSR count). The van der Waals surface area contributed by atoms with E-state index in [9.17, 15) is 4.79 Å². The first kappa shape index (κ1) is 14.1.